The predicted molar refractivity (Wildman–Crippen MR) is 137 cm³/mol. The van der Waals surface area contributed by atoms with Gasteiger partial charge in [0.15, 0.2) is 5.11 Å². The molecule has 0 unspecified atom stereocenters. The highest BCUT2D eigenvalue weighted by molar-refractivity contribution is 7.80. The molecule has 1 aromatic carbocycles. The number of hydrogen-bond acceptors (Lipinski definition) is 5. The number of thiocarbonyl (C=S) groups is 1. The highest BCUT2D eigenvalue weighted by Crippen LogP contribution is 2.29. The maximum absolute atomic E-state index is 5.95. The maximum atomic E-state index is 5.95. The van der Waals surface area contributed by atoms with Crippen LogP contribution in [0, 0.1) is 0 Å². The van der Waals surface area contributed by atoms with Gasteiger partial charge in [-0.05, 0) is 81.3 Å². The number of fused-ring (bicyclic) bond motifs is 1. The summed E-state index contributed by atoms with van der Waals surface area (Å²) in [5.41, 5.74) is 3.72. The summed E-state index contributed by atoms with van der Waals surface area (Å²) >= 11 is 11.4. The first kappa shape index (κ1) is 23.1. The van der Waals surface area contributed by atoms with E-state index < -0.39 is 0 Å². The largest absolute Gasteiger partial charge is 0.362 e. The second-order valence-corrected chi connectivity index (χ2v) is 9.89. The monoisotopic (exact) mass is 472 g/mol. The minimum atomic E-state index is 0.403. The Kier molecular flexibility index (Phi) is 7.68. The van der Waals surface area contributed by atoms with Crippen molar-refractivity contribution in [2.45, 2.75) is 70.0 Å². The molecule has 1 aromatic heterocycles. The summed E-state index contributed by atoms with van der Waals surface area (Å²) < 4.78 is 0. The Balaban J connectivity index is 1.25. The molecule has 0 aliphatic heterocycles. The fourth-order valence-corrected chi connectivity index (χ4v) is 4.96. The fourth-order valence-electron chi connectivity index (χ4n) is 4.59. The molecule has 1 saturated carbocycles. The maximum Gasteiger partial charge on any atom is 0.225 e. The first-order chi connectivity index (χ1) is 15.5. The third-order valence-corrected chi connectivity index (χ3v) is 6.86. The van der Waals surface area contributed by atoms with Gasteiger partial charge in [-0.2, -0.15) is 4.98 Å². The van der Waals surface area contributed by atoms with Crippen molar-refractivity contribution >= 4 is 40.7 Å². The number of anilines is 2. The Bertz CT molecular complexity index is 925. The lowest BCUT2D eigenvalue weighted by Gasteiger charge is -2.31. The standard InChI is InChI=1S/C24H33ClN6S/c1-31(2)22-20-5-3-4-6-21(20)29-23(30-22)27-18-11-13-19(14-12-18)28-24(32)26-15-16-7-9-17(25)10-8-16/h7-10,18-19H,3-6,11-15H2,1-2H3,(H2,26,28,32)(H,27,29,30)/t18-,19+. The van der Waals surface area contributed by atoms with E-state index in [2.05, 4.69) is 34.9 Å². The molecule has 0 bridgehead atoms. The summed E-state index contributed by atoms with van der Waals surface area (Å²) in [6.07, 6.45) is 8.91. The summed E-state index contributed by atoms with van der Waals surface area (Å²) in [6.45, 7) is 0.698. The van der Waals surface area contributed by atoms with Crippen LogP contribution in [-0.2, 0) is 19.4 Å². The minimum absolute atomic E-state index is 0.403. The number of hydrogen-bond donors (Lipinski definition) is 3. The Morgan fingerprint density at radius 3 is 2.44 bits per heavy atom. The average Bonchev–Trinajstić information content (AvgIpc) is 2.79. The topological polar surface area (TPSA) is 65.1 Å². The van der Waals surface area contributed by atoms with Gasteiger partial charge in [-0.25, -0.2) is 4.98 Å². The molecule has 0 amide bonds. The van der Waals surface area contributed by atoms with E-state index in [0.29, 0.717) is 23.7 Å². The Hall–Kier alpha value is -2.12. The van der Waals surface area contributed by atoms with Gasteiger partial charge >= 0.3 is 0 Å². The summed E-state index contributed by atoms with van der Waals surface area (Å²) in [7, 11) is 4.14. The molecule has 0 saturated heterocycles. The molecular formula is C24H33ClN6S. The molecule has 0 spiro atoms. The number of halogens is 1. The van der Waals surface area contributed by atoms with Gasteiger partial charge in [0.25, 0.3) is 0 Å². The number of benzene rings is 1. The molecule has 2 aliphatic carbocycles. The summed E-state index contributed by atoms with van der Waals surface area (Å²) in [5, 5.41) is 11.9. The van der Waals surface area contributed by atoms with Crippen molar-refractivity contribution in [3.8, 4) is 0 Å². The van der Waals surface area contributed by atoms with E-state index in [1.807, 2.05) is 24.3 Å². The fraction of sp³-hybridized carbons (Fsp3) is 0.542. The lowest BCUT2D eigenvalue weighted by Crippen LogP contribution is -2.44. The van der Waals surface area contributed by atoms with Crippen LogP contribution in [0.25, 0.3) is 0 Å². The highest BCUT2D eigenvalue weighted by Gasteiger charge is 2.24. The van der Waals surface area contributed by atoms with Gasteiger partial charge in [0.2, 0.25) is 5.95 Å². The summed E-state index contributed by atoms with van der Waals surface area (Å²) in [4.78, 5) is 11.8. The first-order valence-electron chi connectivity index (χ1n) is 11.6. The highest BCUT2D eigenvalue weighted by atomic mass is 35.5. The SMILES string of the molecule is CN(C)c1nc(N[C@H]2CC[C@@H](NC(=S)NCc3ccc(Cl)cc3)CC2)nc2c1CCCC2. The molecule has 1 fully saturated rings. The van der Waals surface area contributed by atoms with Crippen LogP contribution in [0.15, 0.2) is 24.3 Å². The van der Waals surface area contributed by atoms with Crippen molar-refractivity contribution in [2.24, 2.45) is 0 Å². The van der Waals surface area contributed by atoms with Gasteiger partial charge in [0.05, 0.1) is 5.69 Å². The summed E-state index contributed by atoms with van der Waals surface area (Å²) in [6, 6.07) is 8.63. The van der Waals surface area contributed by atoms with E-state index in [-0.39, 0.29) is 0 Å². The molecule has 32 heavy (non-hydrogen) atoms. The minimum Gasteiger partial charge on any atom is -0.362 e. The van der Waals surface area contributed by atoms with Crippen LogP contribution in [-0.4, -0.2) is 41.3 Å². The molecular weight excluding hydrogens is 440 g/mol. The first-order valence-corrected chi connectivity index (χ1v) is 12.4. The number of rotatable bonds is 6. The molecule has 3 N–H and O–H groups in total. The van der Waals surface area contributed by atoms with E-state index >= 15 is 0 Å². The van der Waals surface area contributed by atoms with Crippen LogP contribution >= 0.6 is 23.8 Å². The van der Waals surface area contributed by atoms with E-state index in [4.69, 9.17) is 33.8 Å². The zero-order valence-corrected chi connectivity index (χ0v) is 20.5. The van der Waals surface area contributed by atoms with E-state index in [1.165, 1.54) is 24.1 Å². The zero-order valence-electron chi connectivity index (χ0n) is 19.0. The van der Waals surface area contributed by atoms with Crippen molar-refractivity contribution in [1.82, 2.24) is 20.6 Å². The lowest BCUT2D eigenvalue weighted by molar-refractivity contribution is 0.385. The van der Waals surface area contributed by atoms with Crippen molar-refractivity contribution in [2.75, 3.05) is 24.3 Å². The van der Waals surface area contributed by atoms with Crippen LogP contribution in [0.3, 0.4) is 0 Å². The molecule has 2 aromatic rings. The van der Waals surface area contributed by atoms with Crippen LogP contribution in [0.1, 0.15) is 55.3 Å². The van der Waals surface area contributed by atoms with Crippen molar-refractivity contribution in [3.05, 3.63) is 46.1 Å². The van der Waals surface area contributed by atoms with Gasteiger partial charge < -0.3 is 20.9 Å². The van der Waals surface area contributed by atoms with Crippen LogP contribution in [0.4, 0.5) is 11.8 Å². The van der Waals surface area contributed by atoms with Gasteiger partial charge in [-0.3, -0.25) is 0 Å². The van der Waals surface area contributed by atoms with Crippen molar-refractivity contribution in [3.63, 3.8) is 0 Å². The Morgan fingerprint density at radius 1 is 1.03 bits per heavy atom. The second-order valence-electron chi connectivity index (χ2n) is 9.04. The van der Waals surface area contributed by atoms with Gasteiger partial charge in [-0.1, -0.05) is 23.7 Å². The molecule has 4 rings (SSSR count). The van der Waals surface area contributed by atoms with E-state index in [1.54, 1.807) is 0 Å². The molecule has 172 valence electrons. The quantitative estimate of drug-likeness (QED) is 0.536. The number of nitrogens with zero attached hydrogens (tertiary/aromatic N) is 3. The number of aryl methyl sites for hydroxylation is 1. The molecule has 0 radical (unpaired) electrons. The molecule has 8 heteroatoms. The van der Waals surface area contributed by atoms with Crippen molar-refractivity contribution < 1.29 is 0 Å². The van der Waals surface area contributed by atoms with E-state index in [9.17, 15) is 0 Å². The third-order valence-electron chi connectivity index (χ3n) is 6.35. The van der Waals surface area contributed by atoms with Gasteiger partial charge in [-0.15, -0.1) is 0 Å². The molecule has 6 nitrogen and oxygen atoms in total. The molecule has 1 heterocycles. The third kappa shape index (κ3) is 6.01. The Labute approximate surface area is 201 Å². The molecule has 2 aliphatic rings. The second kappa shape index (κ2) is 10.7. The normalized spacial score (nSPS) is 20.2. The smallest absolute Gasteiger partial charge is 0.225 e. The number of nitrogens with one attached hydrogen (secondary N) is 3. The van der Waals surface area contributed by atoms with Crippen LogP contribution < -0.4 is 20.9 Å². The lowest BCUT2D eigenvalue weighted by atomic mass is 9.91. The van der Waals surface area contributed by atoms with Crippen molar-refractivity contribution in [1.29, 1.82) is 0 Å². The van der Waals surface area contributed by atoms with Crippen LogP contribution in [0.5, 0.6) is 0 Å². The van der Waals surface area contributed by atoms with E-state index in [0.717, 1.165) is 60.9 Å². The Morgan fingerprint density at radius 2 is 1.72 bits per heavy atom. The van der Waals surface area contributed by atoms with Crippen LogP contribution in [0.2, 0.25) is 5.02 Å². The number of aromatic nitrogens is 2. The predicted octanol–water partition coefficient (Wildman–Crippen LogP) is 4.46. The van der Waals surface area contributed by atoms with Gasteiger partial charge in [0, 0.05) is 43.3 Å². The zero-order chi connectivity index (χ0) is 22.5. The van der Waals surface area contributed by atoms with Gasteiger partial charge in [0.1, 0.15) is 5.82 Å². The average molecular weight is 473 g/mol. The summed E-state index contributed by atoms with van der Waals surface area (Å²) in [5.74, 6) is 1.86. The molecule has 0 atom stereocenters.